The average molecular weight is 445 g/mol. The fraction of sp³-hybridized carbons (Fsp3) is 0.292. The number of pyridine rings is 1. The number of carbonyl (C=O) groups excluding carboxylic acids is 2. The van der Waals surface area contributed by atoms with Crippen molar-refractivity contribution in [3.63, 3.8) is 0 Å². The molecule has 0 radical (unpaired) electrons. The molecule has 168 valence electrons. The Kier molecular flexibility index (Phi) is 5.60. The van der Waals surface area contributed by atoms with Crippen LogP contribution in [0.15, 0.2) is 65.8 Å². The molecular weight excluding hydrogens is 422 g/mol. The Morgan fingerprint density at radius 1 is 1.06 bits per heavy atom. The first kappa shape index (κ1) is 20.9. The first-order chi connectivity index (χ1) is 16.1. The van der Waals surface area contributed by atoms with Crippen LogP contribution in [0.1, 0.15) is 28.5 Å². The first-order valence-electron chi connectivity index (χ1n) is 10.8. The summed E-state index contributed by atoms with van der Waals surface area (Å²) in [5, 5.41) is 2.65. The van der Waals surface area contributed by atoms with Gasteiger partial charge in [-0.2, -0.15) is 0 Å². The average Bonchev–Trinajstić information content (AvgIpc) is 2.85. The van der Waals surface area contributed by atoms with Crippen LogP contribution >= 0.6 is 0 Å². The largest absolute Gasteiger partial charge is 0.484 e. The molecule has 2 unspecified atom stereocenters. The quantitative estimate of drug-likeness (QED) is 0.643. The zero-order chi connectivity index (χ0) is 22.8. The summed E-state index contributed by atoms with van der Waals surface area (Å²) in [7, 11) is 0. The summed E-state index contributed by atoms with van der Waals surface area (Å²) < 4.78 is 7.35. The summed E-state index contributed by atoms with van der Waals surface area (Å²) in [6.07, 6.45) is 5.18. The van der Waals surface area contributed by atoms with E-state index in [0.717, 1.165) is 12.1 Å². The van der Waals surface area contributed by atoms with Crippen molar-refractivity contribution in [3.8, 4) is 5.75 Å². The van der Waals surface area contributed by atoms with Crippen LogP contribution in [-0.4, -0.2) is 50.9 Å². The van der Waals surface area contributed by atoms with Gasteiger partial charge in [-0.05, 0) is 36.6 Å². The third kappa shape index (κ3) is 4.34. The maximum Gasteiger partial charge on any atom is 0.276 e. The Balaban J connectivity index is 1.29. The van der Waals surface area contributed by atoms with Crippen LogP contribution in [0.2, 0.25) is 0 Å². The molecule has 0 saturated carbocycles. The number of rotatable bonds is 5. The molecule has 1 aromatic carbocycles. The lowest BCUT2D eigenvalue weighted by atomic mass is 9.83. The monoisotopic (exact) mass is 445 g/mol. The van der Waals surface area contributed by atoms with Gasteiger partial charge in [0.15, 0.2) is 6.61 Å². The molecule has 2 atom stereocenters. The van der Waals surface area contributed by atoms with Gasteiger partial charge in [-0.15, -0.1) is 0 Å². The third-order valence-corrected chi connectivity index (χ3v) is 6.11. The summed E-state index contributed by atoms with van der Waals surface area (Å²) in [5.41, 5.74) is 0.990. The van der Waals surface area contributed by atoms with E-state index in [1.54, 1.807) is 10.6 Å². The van der Waals surface area contributed by atoms with Gasteiger partial charge < -0.3 is 19.5 Å². The SMILES string of the molecule is O=C(Nc1ccc2n(c1=O)CC1CC2CN(C(=O)COc2ccccc2)C1)c1cnccn1. The molecule has 3 aromatic rings. The van der Waals surface area contributed by atoms with E-state index in [1.165, 1.54) is 18.6 Å². The minimum absolute atomic E-state index is 0.0103. The number of aromatic nitrogens is 3. The second-order valence-corrected chi connectivity index (χ2v) is 8.33. The number of ether oxygens (including phenoxy) is 1. The fourth-order valence-electron chi connectivity index (χ4n) is 4.60. The van der Waals surface area contributed by atoms with Crippen LogP contribution < -0.4 is 15.6 Å². The van der Waals surface area contributed by atoms with E-state index in [-0.39, 0.29) is 41.3 Å². The van der Waals surface area contributed by atoms with Gasteiger partial charge in [0.25, 0.3) is 17.4 Å². The van der Waals surface area contributed by atoms with Crippen molar-refractivity contribution < 1.29 is 14.3 Å². The van der Waals surface area contributed by atoms with Gasteiger partial charge >= 0.3 is 0 Å². The molecule has 1 N–H and O–H groups in total. The molecule has 2 bridgehead atoms. The summed E-state index contributed by atoms with van der Waals surface area (Å²) in [4.78, 5) is 47.9. The van der Waals surface area contributed by atoms with Gasteiger partial charge in [0.2, 0.25) is 0 Å². The van der Waals surface area contributed by atoms with E-state index in [0.29, 0.717) is 25.4 Å². The summed E-state index contributed by atoms with van der Waals surface area (Å²) >= 11 is 0. The number of hydrogen-bond donors (Lipinski definition) is 1. The molecule has 4 heterocycles. The molecule has 2 amide bonds. The van der Waals surface area contributed by atoms with E-state index in [1.807, 2.05) is 41.3 Å². The number of piperidine rings is 1. The number of benzene rings is 1. The number of nitrogens with zero attached hydrogens (tertiary/aromatic N) is 4. The number of fused-ring (bicyclic) bond motifs is 4. The molecule has 0 aliphatic carbocycles. The number of para-hydroxylation sites is 1. The van der Waals surface area contributed by atoms with Crippen LogP contribution in [0.3, 0.4) is 0 Å². The van der Waals surface area contributed by atoms with E-state index in [2.05, 4.69) is 15.3 Å². The summed E-state index contributed by atoms with van der Waals surface area (Å²) in [5.74, 6) is 0.358. The van der Waals surface area contributed by atoms with Crippen molar-refractivity contribution in [2.45, 2.75) is 18.9 Å². The lowest BCUT2D eigenvalue weighted by Gasteiger charge is -2.42. The van der Waals surface area contributed by atoms with Crippen LogP contribution in [0.4, 0.5) is 5.69 Å². The van der Waals surface area contributed by atoms with Gasteiger partial charge in [0, 0.05) is 43.6 Å². The maximum absolute atomic E-state index is 13.1. The van der Waals surface area contributed by atoms with E-state index in [4.69, 9.17) is 4.74 Å². The van der Waals surface area contributed by atoms with Crippen molar-refractivity contribution in [2.24, 2.45) is 5.92 Å². The summed E-state index contributed by atoms with van der Waals surface area (Å²) in [6, 6.07) is 12.8. The molecule has 1 saturated heterocycles. The second kappa shape index (κ2) is 8.85. The molecule has 1 fully saturated rings. The highest BCUT2D eigenvalue weighted by atomic mass is 16.5. The molecule has 2 aliphatic rings. The van der Waals surface area contributed by atoms with Gasteiger partial charge in [0.1, 0.15) is 17.1 Å². The number of nitrogens with one attached hydrogen (secondary N) is 1. The van der Waals surface area contributed by atoms with Gasteiger partial charge in [-0.1, -0.05) is 18.2 Å². The highest BCUT2D eigenvalue weighted by Gasteiger charge is 2.36. The van der Waals surface area contributed by atoms with E-state index in [9.17, 15) is 14.4 Å². The summed E-state index contributed by atoms with van der Waals surface area (Å²) in [6.45, 7) is 1.61. The topological polar surface area (TPSA) is 106 Å². The van der Waals surface area contributed by atoms with Crippen LogP contribution in [0.5, 0.6) is 5.75 Å². The number of anilines is 1. The Hall–Kier alpha value is -4.01. The Labute approximate surface area is 190 Å². The minimum Gasteiger partial charge on any atom is -0.484 e. The fourth-order valence-corrected chi connectivity index (χ4v) is 4.60. The van der Waals surface area contributed by atoms with Crippen LogP contribution in [0.25, 0.3) is 0 Å². The van der Waals surface area contributed by atoms with Gasteiger partial charge in [0.05, 0.1) is 6.20 Å². The number of amides is 2. The van der Waals surface area contributed by atoms with E-state index >= 15 is 0 Å². The molecule has 5 rings (SSSR count). The number of likely N-dealkylation sites (tertiary alicyclic amines) is 1. The predicted octanol–water partition coefficient (Wildman–Crippen LogP) is 1.92. The molecule has 9 heteroatoms. The molecule has 2 aliphatic heterocycles. The van der Waals surface area contributed by atoms with Crippen molar-refractivity contribution in [2.75, 3.05) is 25.0 Å². The number of carbonyl (C=O) groups is 2. The Morgan fingerprint density at radius 3 is 2.70 bits per heavy atom. The highest BCUT2D eigenvalue weighted by molar-refractivity contribution is 6.02. The van der Waals surface area contributed by atoms with Crippen LogP contribution in [-0.2, 0) is 11.3 Å². The van der Waals surface area contributed by atoms with Gasteiger partial charge in [-0.3, -0.25) is 19.4 Å². The number of hydrogen-bond acceptors (Lipinski definition) is 6. The maximum atomic E-state index is 13.1. The van der Waals surface area contributed by atoms with Crippen molar-refractivity contribution >= 4 is 17.5 Å². The third-order valence-electron chi connectivity index (χ3n) is 6.11. The molecular formula is C24H23N5O4. The first-order valence-corrected chi connectivity index (χ1v) is 10.8. The molecule has 9 nitrogen and oxygen atoms in total. The Morgan fingerprint density at radius 2 is 1.91 bits per heavy atom. The smallest absolute Gasteiger partial charge is 0.276 e. The highest BCUT2D eigenvalue weighted by Crippen LogP contribution is 2.35. The Bertz CT molecular complexity index is 1230. The normalized spacial score (nSPS) is 18.8. The lowest BCUT2D eigenvalue weighted by molar-refractivity contribution is -0.136. The minimum atomic E-state index is -0.480. The zero-order valence-corrected chi connectivity index (χ0v) is 17.9. The molecule has 2 aromatic heterocycles. The second-order valence-electron chi connectivity index (χ2n) is 8.33. The van der Waals surface area contributed by atoms with Crippen LogP contribution in [0, 0.1) is 5.92 Å². The molecule has 33 heavy (non-hydrogen) atoms. The standard InChI is InChI=1S/C24H23N5O4/c30-22(15-33-18-4-2-1-3-5-18)28-12-16-10-17(14-28)21-7-6-19(24(32)29(21)13-16)27-23(31)20-11-25-8-9-26-20/h1-9,11,16-17H,10,12-15H2,(H,27,31). The van der Waals surface area contributed by atoms with Crippen molar-refractivity contribution in [1.82, 2.24) is 19.4 Å². The van der Waals surface area contributed by atoms with Crippen molar-refractivity contribution in [1.29, 1.82) is 0 Å². The lowest BCUT2D eigenvalue weighted by Crippen LogP contribution is -2.50. The predicted molar refractivity (Wildman–Crippen MR) is 120 cm³/mol. The van der Waals surface area contributed by atoms with Gasteiger partial charge in [-0.25, -0.2) is 4.98 Å². The van der Waals surface area contributed by atoms with Crippen molar-refractivity contribution in [3.05, 3.63) is 82.8 Å². The zero-order valence-electron chi connectivity index (χ0n) is 17.9. The van der Waals surface area contributed by atoms with E-state index < -0.39 is 5.91 Å². The molecule has 0 spiro atoms.